The molecule has 0 aromatic heterocycles. The van der Waals surface area contributed by atoms with Gasteiger partial charge in [-0.15, -0.1) is 0 Å². The summed E-state index contributed by atoms with van der Waals surface area (Å²) in [5.41, 5.74) is 3.01. The molecule has 2 aromatic rings. The van der Waals surface area contributed by atoms with Gasteiger partial charge in [0.15, 0.2) is 0 Å². The van der Waals surface area contributed by atoms with Crippen molar-refractivity contribution in [2.24, 2.45) is 5.14 Å². The summed E-state index contributed by atoms with van der Waals surface area (Å²) in [7, 11) is -2.43. The highest BCUT2D eigenvalue weighted by Crippen LogP contribution is 2.37. The third-order valence-electron chi connectivity index (χ3n) is 5.59. The zero-order valence-electron chi connectivity index (χ0n) is 18.5. The Hall–Kier alpha value is -3.11. The molecule has 178 valence electrons. The lowest BCUT2D eigenvalue weighted by molar-refractivity contribution is -0.107. The zero-order chi connectivity index (χ0) is 24.0. The molecule has 0 unspecified atom stereocenters. The fourth-order valence-electron chi connectivity index (χ4n) is 3.89. The van der Waals surface area contributed by atoms with Gasteiger partial charge in [0.2, 0.25) is 10.0 Å². The molecule has 3 N–H and O–H groups in total. The molecule has 33 heavy (non-hydrogen) atoms. The SMILES string of the molecule is COc1ccc(-c2cc3c(c(S(N)(=O)=O)c2)OCC3)cc1CCN(CCCCC=O)C(=O)O. The lowest BCUT2D eigenvalue weighted by atomic mass is 9.98. The molecule has 0 aliphatic carbocycles. The summed E-state index contributed by atoms with van der Waals surface area (Å²) in [5.74, 6) is 0.919. The highest BCUT2D eigenvalue weighted by Gasteiger charge is 2.25. The number of hydrogen-bond acceptors (Lipinski definition) is 6. The molecule has 10 heteroatoms. The van der Waals surface area contributed by atoms with Gasteiger partial charge >= 0.3 is 6.09 Å². The first-order valence-electron chi connectivity index (χ1n) is 10.7. The van der Waals surface area contributed by atoms with E-state index in [9.17, 15) is 23.1 Å². The van der Waals surface area contributed by atoms with E-state index in [2.05, 4.69) is 0 Å². The van der Waals surface area contributed by atoms with Crippen LogP contribution in [0.1, 0.15) is 30.4 Å². The summed E-state index contributed by atoms with van der Waals surface area (Å²) >= 11 is 0. The highest BCUT2D eigenvalue weighted by atomic mass is 32.2. The summed E-state index contributed by atoms with van der Waals surface area (Å²) in [6.07, 6.45) is 2.46. The molecule has 0 fully saturated rings. The van der Waals surface area contributed by atoms with Crippen molar-refractivity contribution in [2.75, 3.05) is 26.8 Å². The Kier molecular flexibility index (Phi) is 7.93. The fraction of sp³-hybridized carbons (Fsp3) is 0.391. The van der Waals surface area contributed by atoms with Crippen molar-refractivity contribution < 1.29 is 32.6 Å². The molecule has 1 aliphatic rings. The van der Waals surface area contributed by atoms with Gasteiger partial charge in [0.1, 0.15) is 22.7 Å². The van der Waals surface area contributed by atoms with E-state index in [0.717, 1.165) is 23.0 Å². The van der Waals surface area contributed by atoms with Gasteiger partial charge in [-0.05, 0) is 65.8 Å². The Balaban J connectivity index is 1.87. The summed E-state index contributed by atoms with van der Waals surface area (Å²) in [4.78, 5) is 23.4. The van der Waals surface area contributed by atoms with Gasteiger partial charge in [0.25, 0.3) is 0 Å². The van der Waals surface area contributed by atoms with Crippen molar-refractivity contribution in [3.8, 4) is 22.6 Å². The number of carbonyl (C=O) groups is 2. The lowest BCUT2D eigenvalue weighted by Crippen LogP contribution is -2.32. The number of fused-ring (bicyclic) bond motifs is 1. The summed E-state index contributed by atoms with van der Waals surface area (Å²) in [6, 6.07) is 8.86. The minimum atomic E-state index is -3.97. The largest absolute Gasteiger partial charge is 0.496 e. The van der Waals surface area contributed by atoms with Crippen LogP contribution in [0.4, 0.5) is 4.79 Å². The van der Waals surface area contributed by atoms with E-state index < -0.39 is 16.1 Å². The average Bonchev–Trinajstić information content (AvgIpc) is 3.25. The van der Waals surface area contributed by atoms with Gasteiger partial charge in [-0.1, -0.05) is 6.07 Å². The molecule has 0 radical (unpaired) electrons. The third kappa shape index (κ3) is 6.02. The number of rotatable bonds is 11. The zero-order valence-corrected chi connectivity index (χ0v) is 19.3. The third-order valence-corrected chi connectivity index (χ3v) is 6.51. The second-order valence-electron chi connectivity index (χ2n) is 7.81. The number of methoxy groups -OCH3 is 1. The van der Waals surface area contributed by atoms with E-state index in [1.165, 1.54) is 11.0 Å². The number of ether oxygens (including phenoxy) is 2. The average molecular weight is 477 g/mol. The second-order valence-corrected chi connectivity index (χ2v) is 9.34. The number of unbranched alkanes of at least 4 members (excludes halogenated alkanes) is 2. The monoisotopic (exact) mass is 476 g/mol. The first-order chi connectivity index (χ1) is 15.7. The van der Waals surface area contributed by atoms with E-state index in [-0.39, 0.29) is 11.4 Å². The van der Waals surface area contributed by atoms with Crippen molar-refractivity contribution in [3.05, 3.63) is 41.5 Å². The Morgan fingerprint density at radius 3 is 2.67 bits per heavy atom. The molecule has 0 atom stereocenters. The molecule has 0 spiro atoms. The predicted molar refractivity (Wildman–Crippen MR) is 122 cm³/mol. The molecule has 0 saturated carbocycles. The van der Waals surface area contributed by atoms with Gasteiger partial charge in [-0.25, -0.2) is 18.4 Å². The van der Waals surface area contributed by atoms with Gasteiger partial charge in [0, 0.05) is 25.9 Å². The van der Waals surface area contributed by atoms with Gasteiger partial charge in [-0.3, -0.25) is 0 Å². The number of hydrogen-bond donors (Lipinski definition) is 2. The van der Waals surface area contributed by atoms with E-state index in [4.69, 9.17) is 14.6 Å². The van der Waals surface area contributed by atoms with Gasteiger partial charge in [0.05, 0.1) is 13.7 Å². The van der Waals surface area contributed by atoms with Crippen molar-refractivity contribution in [1.82, 2.24) is 4.90 Å². The lowest BCUT2D eigenvalue weighted by Gasteiger charge is -2.20. The Morgan fingerprint density at radius 1 is 1.21 bits per heavy atom. The number of primary sulfonamides is 1. The quantitative estimate of drug-likeness (QED) is 0.376. The molecule has 1 aliphatic heterocycles. The van der Waals surface area contributed by atoms with Crippen LogP contribution in [0, 0.1) is 0 Å². The molecule has 0 bridgehead atoms. The molecule has 2 aromatic carbocycles. The number of carboxylic acid groups (broad SMARTS) is 1. The van der Waals surface area contributed by atoms with Crippen LogP contribution in [0.2, 0.25) is 0 Å². The van der Waals surface area contributed by atoms with Gasteiger partial charge in [-0.2, -0.15) is 0 Å². The molecule has 1 heterocycles. The van der Waals surface area contributed by atoms with E-state index in [1.807, 2.05) is 18.2 Å². The minimum Gasteiger partial charge on any atom is -0.496 e. The maximum Gasteiger partial charge on any atom is 0.407 e. The van der Waals surface area contributed by atoms with Crippen molar-refractivity contribution >= 4 is 22.4 Å². The molecule has 1 amide bonds. The van der Waals surface area contributed by atoms with Crippen molar-refractivity contribution in [2.45, 2.75) is 37.0 Å². The van der Waals surface area contributed by atoms with Crippen molar-refractivity contribution in [3.63, 3.8) is 0 Å². The van der Waals surface area contributed by atoms with Gasteiger partial charge < -0.3 is 24.3 Å². The van der Waals surface area contributed by atoms with Crippen LogP contribution in [-0.2, 0) is 27.7 Å². The second kappa shape index (κ2) is 10.7. The summed E-state index contributed by atoms with van der Waals surface area (Å²) < 4.78 is 35.2. The van der Waals surface area contributed by atoms with E-state index in [0.29, 0.717) is 62.3 Å². The fourth-order valence-corrected chi connectivity index (χ4v) is 4.63. The van der Waals surface area contributed by atoms with Crippen LogP contribution < -0.4 is 14.6 Å². The smallest absolute Gasteiger partial charge is 0.407 e. The summed E-state index contributed by atoms with van der Waals surface area (Å²) in [5, 5.41) is 14.9. The number of aldehydes is 1. The molecular formula is C23H28N2O7S. The van der Waals surface area contributed by atoms with Crippen LogP contribution in [0.5, 0.6) is 11.5 Å². The molecule has 3 rings (SSSR count). The maximum atomic E-state index is 12.1. The summed E-state index contributed by atoms with van der Waals surface area (Å²) in [6.45, 7) is 0.997. The predicted octanol–water partition coefficient (Wildman–Crippen LogP) is 2.84. The minimum absolute atomic E-state index is 0.0442. The number of amides is 1. The highest BCUT2D eigenvalue weighted by molar-refractivity contribution is 7.89. The first-order valence-corrected chi connectivity index (χ1v) is 12.2. The van der Waals surface area contributed by atoms with E-state index in [1.54, 1.807) is 13.2 Å². The Labute approximate surface area is 193 Å². The van der Waals surface area contributed by atoms with Crippen LogP contribution in [0.15, 0.2) is 35.2 Å². The standard InChI is InChI=1S/C23H28N2O7S/c1-31-20-6-5-16(13-17(20)7-10-25(23(27)28)9-3-2-4-11-26)19-14-18-8-12-32-22(18)21(15-19)33(24,29)30/h5-6,11,13-15H,2-4,7-10,12H2,1H3,(H,27,28)(H2,24,29,30). The Bertz CT molecular complexity index is 1130. The molecule has 0 saturated heterocycles. The van der Waals surface area contributed by atoms with Crippen LogP contribution in [-0.4, -0.2) is 57.6 Å². The molecular weight excluding hydrogens is 448 g/mol. The maximum absolute atomic E-state index is 12.1. The number of carbonyl (C=O) groups excluding carboxylic acids is 1. The molecule has 9 nitrogen and oxygen atoms in total. The van der Waals surface area contributed by atoms with Crippen LogP contribution in [0.3, 0.4) is 0 Å². The number of sulfonamides is 1. The number of benzene rings is 2. The number of nitrogens with zero attached hydrogens (tertiary/aromatic N) is 1. The Morgan fingerprint density at radius 2 is 2.00 bits per heavy atom. The van der Waals surface area contributed by atoms with Crippen molar-refractivity contribution in [1.29, 1.82) is 0 Å². The first kappa shape index (κ1) is 24.5. The topological polar surface area (TPSA) is 136 Å². The van der Waals surface area contributed by atoms with Crippen LogP contribution >= 0.6 is 0 Å². The van der Waals surface area contributed by atoms with E-state index >= 15 is 0 Å². The normalized spacial score (nSPS) is 12.7. The van der Waals surface area contributed by atoms with Crippen LogP contribution in [0.25, 0.3) is 11.1 Å². The number of nitrogens with two attached hydrogens (primary N) is 1.